The molecule has 0 radical (unpaired) electrons. The van der Waals surface area contributed by atoms with E-state index in [2.05, 4.69) is 20.8 Å². The maximum Gasteiger partial charge on any atom is 0.306 e. The van der Waals surface area contributed by atoms with Crippen molar-refractivity contribution in [3.05, 3.63) is 28.8 Å². The van der Waals surface area contributed by atoms with Crippen LogP contribution in [-0.2, 0) is 17.6 Å². The standard InChI is InChI=1S/C19H30O3/c1-5-6-7-8-16(19(21)22)11-15-10-14(4)18(20)17(12-15)9-13(2)3/h10,12-13,16,20H,5-9,11H2,1-4H3,(H,21,22). The fraction of sp³-hybridized carbons (Fsp3) is 0.632. The Bertz CT molecular complexity index is 492. The summed E-state index contributed by atoms with van der Waals surface area (Å²) in [6, 6.07) is 3.91. The Labute approximate surface area is 134 Å². The van der Waals surface area contributed by atoms with Crippen molar-refractivity contribution in [1.29, 1.82) is 0 Å². The predicted molar refractivity (Wildman–Crippen MR) is 90.4 cm³/mol. The molecule has 124 valence electrons. The van der Waals surface area contributed by atoms with Crippen molar-refractivity contribution in [3.8, 4) is 5.75 Å². The van der Waals surface area contributed by atoms with E-state index >= 15 is 0 Å². The summed E-state index contributed by atoms with van der Waals surface area (Å²) in [5, 5.41) is 19.6. The second kappa shape index (κ2) is 8.82. The minimum absolute atomic E-state index is 0.331. The number of phenols is 1. The van der Waals surface area contributed by atoms with Crippen molar-refractivity contribution in [2.75, 3.05) is 0 Å². The van der Waals surface area contributed by atoms with Crippen LogP contribution in [0.25, 0.3) is 0 Å². The van der Waals surface area contributed by atoms with Crippen molar-refractivity contribution in [3.63, 3.8) is 0 Å². The minimum atomic E-state index is -0.716. The highest BCUT2D eigenvalue weighted by Crippen LogP contribution is 2.28. The van der Waals surface area contributed by atoms with Crippen LogP contribution in [0.2, 0.25) is 0 Å². The van der Waals surface area contributed by atoms with E-state index in [1.165, 1.54) is 0 Å². The fourth-order valence-electron chi connectivity index (χ4n) is 2.88. The zero-order valence-electron chi connectivity index (χ0n) is 14.4. The molecule has 0 aromatic heterocycles. The number of phenolic OH excluding ortho intramolecular Hbond substituents is 1. The number of aryl methyl sites for hydroxylation is 1. The highest BCUT2D eigenvalue weighted by molar-refractivity contribution is 5.70. The van der Waals surface area contributed by atoms with Gasteiger partial charge >= 0.3 is 5.97 Å². The molecule has 0 aliphatic heterocycles. The number of hydrogen-bond acceptors (Lipinski definition) is 2. The minimum Gasteiger partial charge on any atom is -0.507 e. The molecule has 2 N–H and O–H groups in total. The largest absolute Gasteiger partial charge is 0.507 e. The smallest absolute Gasteiger partial charge is 0.306 e. The molecule has 0 aliphatic carbocycles. The summed E-state index contributed by atoms with van der Waals surface area (Å²) >= 11 is 0. The van der Waals surface area contributed by atoms with Crippen LogP contribution in [0.3, 0.4) is 0 Å². The molecule has 0 aliphatic rings. The van der Waals surface area contributed by atoms with Crippen molar-refractivity contribution < 1.29 is 15.0 Å². The molecule has 0 saturated carbocycles. The molecule has 22 heavy (non-hydrogen) atoms. The molecule has 1 aromatic carbocycles. The monoisotopic (exact) mass is 306 g/mol. The lowest BCUT2D eigenvalue weighted by Crippen LogP contribution is -2.16. The summed E-state index contributed by atoms with van der Waals surface area (Å²) in [5.41, 5.74) is 2.79. The van der Waals surface area contributed by atoms with E-state index in [1.54, 1.807) is 0 Å². The molecule has 0 amide bonds. The zero-order valence-corrected chi connectivity index (χ0v) is 14.4. The molecule has 3 nitrogen and oxygen atoms in total. The quantitative estimate of drug-likeness (QED) is 0.649. The molecule has 1 aromatic rings. The summed E-state index contributed by atoms with van der Waals surface area (Å²) in [5.74, 6) is -0.231. The van der Waals surface area contributed by atoms with E-state index in [1.807, 2.05) is 19.1 Å². The molecule has 0 fully saturated rings. The van der Waals surface area contributed by atoms with Crippen LogP contribution in [0.1, 0.15) is 63.1 Å². The Morgan fingerprint density at radius 3 is 2.41 bits per heavy atom. The predicted octanol–water partition coefficient (Wildman–Crippen LogP) is 4.72. The third-order valence-electron chi connectivity index (χ3n) is 4.05. The average Bonchev–Trinajstić information content (AvgIpc) is 2.42. The summed E-state index contributed by atoms with van der Waals surface area (Å²) < 4.78 is 0. The maximum absolute atomic E-state index is 11.5. The molecular formula is C19H30O3. The van der Waals surface area contributed by atoms with Gasteiger partial charge in [0.15, 0.2) is 0 Å². The van der Waals surface area contributed by atoms with Gasteiger partial charge in [-0.25, -0.2) is 0 Å². The van der Waals surface area contributed by atoms with Gasteiger partial charge in [0.1, 0.15) is 5.75 Å². The van der Waals surface area contributed by atoms with Crippen molar-refractivity contribution >= 4 is 5.97 Å². The molecule has 1 rings (SSSR count). The molecule has 1 atom stereocenters. The SMILES string of the molecule is CCCCCC(Cc1cc(C)c(O)c(CC(C)C)c1)C(=O)O. The zero-order chi connectivity index (χ0) is 16.7. The summed E-state index contributed by atoms with van der Waals surface area (Å²) in [4.78, 5) is 11.5. The summed E-state index contributed by atoms with van der Waals surface area (Å²) in [7, 11) is 0. The third kappa shape index (κ3) is 5.70. The van der Waals surface area contributed by atoms with Crippen LogP contribution < -0.4 is 0 Å². The topological polar surface area (TPSA) is 57.5 Å². The number of carbonyl (C=O) groups is 1. The first kappa shape index (κ1) is 18.5. The number of carboxylic acids is 1. The first-order valence-corrected chi connectivity index (χ1v) is 8.39. The van der Waals surface area contributed by atoms with E-state index in [9.17, 15) is 15.0 Å². The van der Waals surface area contributed by atoms with Gasteiger partial charge in [0.25, 0.3) is 0 Å². The van der Waals surface area contributed by atoms with Gasteiger partial charge in [-0.3, -0.25) is 4.79 Å². The number of carboxylic acid groups (broad SMARTS) is 1. The first-order valence-electron chi connectivity index (χ1n) is 8.39. The van der Waals surface area contributed by atoms with E-state index in [-0.39, 0.29) is 5.92 Å². The van der Waals surface area contributed by atoms with Crippen LogP contribution in [-0.4, -0.2) is 16.2 Å². The van der Waals surface area contributed by atoms with Crippen LogP contribution in [0.4, 0.5) is 0 Å². The van der Waals surface area contributed by atoms with Crippen LogP contribution in [0, 0.1) is 18.8 Å². The lowest BCUT2D eigenvalue weighted by atomic mass is 9.90. The van der Waals surface area contributed by atoms with Gasteiger partial charge in [0.2, 0.25) is 0 Å². The van der Waals surface area contributed by atoms with Crippen molar-refractivity contribution in [1.82, 2.24) is 0 Å². The first-order chi connectivity index (χ1) is 10.3. The maximum atomic E-state index is 11.5. The third-order valence-corrected chi connectivity index (χ3v) is 4.05. The Kier molecular flexibility index (Phi) is 7.43. The molecule has 0 heterocycles. The molecule has 0 spiro atoms. The second-order valence-corrected chi connectivity index (χ2v) is 6.75. The summed E-state index contributed by atoms with van der Waals surface area (Å²) in [6.07, 6.45) is 5.23. The Morgan fingerprint density at radius 2 is 1.86 bits per heavy atom. The number of unbranched alkanes of at least 4 members (excludes halogenated alkanes) is 2. The van der Waals surface area contributed by atoms with Gasteiger partial charge in [-0.05, 0) is 48.8 Å². The van der Waals surface area contributed by atoms with Gasteiger partial charge in [0, 0.05) is 0 Å². The molecule has 0 bridgehead atoms. The second-order valence-electron chi connectivity index (χ2n) is 6.75. The molecule has 3 heteroatoms. The van der Waals surface area contributed by atoms with Crippen molar-refractivity contribution in [2.24, 2.45) is 11.8 Å². The Morgan fingerprint density at radius 1 is 1.18 bits per heavy atom. The highest BCUT2D eigenvalue weighted by atomic mass is 16.4. The highest BCUT2D eigenvalue weighted by Gasteiger charge is 2.19. The molecular weight excluding hydrogens is 276 g/mol. The normalized spacial score (nSPS) is 12.6. The molecule has 1 unspecified atom stereocenters. The van der Waals surface area contributed by atoms with E-state index in [4.69, 9.17) is 0 Å². The van der Waals surface area contributed by atoms with E-state index < -0.39 is 5.97 Å². The summed E-state index contributed by atoms with van der Waals surface area (Å²) in [6.45, 7) is 8.24. The fourth-order valence-corrected chi connectivity index (χ4v) is 2.88. The Hall–Kier alpha value is -1.51. The van der Waals surface area contributed by atoms with Gasteiger partial charge in [-0.1, -0.05) is 52.2 Å². The lowest BCUT2D eigenvalue weighted by Gasteiger charge is -2.16. The number of hydrogen-bond donors (Lipinski definition) is 2. The molecule has 0 saturated heterocycles. The number of benzene rings is 1. The van der Waals surface area contributed by atoms with Gasteiger partial charge in [-0.15, -0.1) is 0 Å². The number of aromatic hydroxyl groups is 1. The van der Waals surface area contributed by atoms with Gasteiger partial charge in [-0.2, -0.15) is 0 Å². The number of rotatable bonds is 9. The van der Waals surface area contributed by atoms with Crippen LogP contribution >= 0.6 is 0 Å². The lowest BCUT2D eigenvalue weighted by molar-refractivity contribution is -0.142. The Balaban J connectivity index is 2.89. The average molecular weight is 306 g/mol. The van der Waals surface area contributed by atoms with Crippen LogP contribution in [0.5, 0.6) is 5.75 Å². The van der Waals surface area contributed by atoms with E-state index in [0.717, 1.165) is 48.8 Å². The number of aliphatic carboxylic acids is 1. The van der Waals surface area contributed by atoms with E-state index in [0.29, 0.717) is 18.1 Å². The van der Waals surface area contributed by atoms with Gasteiger partial charge < -0.3 is 10.2 Å². The van der Waals surface area contributed by atoms with Gasteiger partial charge in [0.05, 0.1) is 5.92 Å². The van der Waals surface area contributed by atoms with Crippen LogP contribution in [0.15, 0.2) is 12.1 Å². The van der Waals surface area contributed by atoms with Crippen molar-refractivity contribution in [2.45, 2.75) is 66.2 Å².